The summed E-state index contributed by atoms with van der Waals surface area (Å²) in [6.45, 7) is 4.15. The van der Waals surface area contributed by atoms with Gasteiger partial charge in [-0.25, -0.2) is 0 Å². The topological polar surface area (TPSA) is 46.0 Å². The minimum Gasteiger partial charge on any atom is -0.379 e. The fraction of sp³-hybridized carbons (Fsp3) is 1.00. The minimum absolute atomic E-state index is 0.185. The van der Waals surface area contributed by atoms with Gasteiger partial charge in [0.25, 0.3) is 0 Å². The number of hydrogen-bond donors (Lipinski definition) is 1. The number of rotatable bonds is 3. The first-order chi connectivity index (χ1) is 5.29. The average molecular weight is 157 g/mol. The van der Waals surface area contributed by atoms with E-state index in [2.05, 4.69) is 29.6 Å². The summed E-state index contributed by atoms with van der Waals surface area (Å²) in [5, 5.41) is 7.81. The van der Waals surface area contributed by atoms with Crippen LogP contribution in [0, 0.1) is 0 Å². The lowest BCUT2D eigenvalue weighted by Gasteiger charge is -2.20. The average Bonchev–Trinajstić information content (AvgIpc) is 2.40. The van der Waals surface area contributed by atoms with E-state index in [9.17, 15) is 0 Å². The van der Waals surface area contributed by atoms with Crippen molar-refractivity contribution in [3.63, 3.8) is 0 Å². The van der Waals surface area contributed by atoms with Gasteiger partial charge in [0.15, 0.2) is 0 Å². The molecule has 0 fully saturated rings. The molecule has 3 atom stereocenters. The van der Waals surface area contributed by atoms with Crippen molar-refractivity contribution in [2.75, 3.05) is 7.11 Å². The van der Waals surface area contributed by atoms with E-state index < -0.39 is 0 Å². The Hall–Kier alpha value is -0.640. The van der Waals surface area contributed by atoms with Gasteiger partial charge < -0.3 is 4.74 Å². The normalized spacial score (nSPS) is 31.9. The Balaban J connectivity index is 2.50. The summed E-state index contributed by atoms with van der Waals surface area (Å²) < 4.78 is 5.26. The number of hydrogen-bond acceptors (Lipinski definition) is 4. The molecule has 0 spiro atoms. The SMILES string of the molecule is CCC(OC)C1N=NNC1C. The van der Waals surface area contributed by atoms with Crippen molar-refractivity contribution in [1.82, 2.24) is 5.43 Å². The second-order valence-electron chi connectivity index (χ2n) is 2.81. The van der Waals surface area contributed by atoms with Gasteiger partial charge >= 0.3 is 0 Å². The van der Waals surface area contributed by atoms with E-state index in [0.717, 1.165) is 6.42 Å². The molecule has 0 aromatic heterocycles. The zero-order valence-electron chi connectivity index (χ0n) is 7.24. The van der Waals surface area contributed by atoms with Gasteiger partial charge in [-0.05, 0) is 13.3 Å². The van der Waals surface area contributed by atoms with Crippen LogP contribution in [0.4, 0.5) is 0 Å². The molecule has 0 aromatic carbocycles. The van der Waals surface area contributed by atoms with E-state index in [-0.39, 0.29) is 12.1 Å². The Bertz CT molecular complexity index is 145. The highest BCUT2D eigenvalue weighted by atomic mass is 16.5. The molecule has 0 saturated heterocycles. The van der Waals surface area contributed by atoms with Gasteiger partial charge in [0, 0.05) is 7.11 Å². The van der Waals surface area contributed by atoms with Crippen LogP contribution in [0.5, 0.6) is 0 Å². The number of nitrogens with one attached hydrogen (secondary N) is 1. The fourth-order valence-corrected chi connectivity index (χ4v) is 1.31. The van der Waals surface area contributed by atoms with Crippen LogP contribution >= 0.6 is 0 Å². The van der Waals surface area contributed by atoms with E-state index in [0.29, 0.717) is 6.04 Å². The van der Waals surface area contributed by atoms with Crippen molar-refractivity contribution >= 4 is 0 Å². The summed E-state index contributed by atoms with van der Waals surface area (Å²) in [7, 11) is 1.72. The third-order valence-electron chi connectivity index (χ3n) is 2.05. The van der Waals surface area contributed by atoms with Crippen molar-refractivity contribution in [3.05, 3.63) is 0 Å². The molecule has 4 heteroatoms. The van der Waals surface area contributed by atoms with Crippen LogP contribution in [-0.2, 0) is 4.74 Å². The smallest absolute Gasteiger partial charge is 0.120 e. The molecule has 3 unspecified atom stereocenters. The van der Waals surface area contributed by atoms with Crippen LogP contribution in [0.2, 0.25) is 0 Å². The van der Waals surface area contributed by atoms with Gasteiger partial charge in [0.2, 0.25) is 0 Å². The fourth-order valence-electron chi connectivity index (χ4n) is 1.31. The summed E-state index contributed by atoms with van der Waals surface area (Å²) in [5.41, 5.74) is 2.90. The standard InChI is InChI=1S/C7H15N3O/c1-4-6(11-3)7-5(2)8-10-9-7/h5-7H,4H2,1-3H3,(H,8,9). The second-order valence-corrected chi connectivity index (χ2v) is 2.81. The van der Waals surface area contributed by atoms with Crippen LogP contribution < -0.4 is 5.43 Å². The van der Waals surface area contributed by atoms with E-state index in [4.69, 9.17) is 4.74 Å². The quantitative estimate of drug-likeness (QED) is 0.667. The van der Waals surface area contributed by atoms with Crippen LogP contribution in [0.25, 0.3) is 0 Å². The van der Waals surface area contributed by atoms with E-state index in [1.165, 1.54) is 0 Å². The molecule has 0 bridgehead atoms. The largest absolute Gasteiger partial charge is 0.379 e. The van der Waals surface area contributed by atoms with Gasteiger partial charge in [-0.1, -0.05) is 12.1 Å². The zero-order chi connectivity index (χ0) is 8.27. The Morgan fingerprint density at radius 1 is 1.64 bits per heavy atom. The molecular formula is C7H15N3O. The van der Waals surface area contributed by atoms with Crippen molar-refractivity contribution in [1.29, 1.82) is 0 Å². The first-order valence-electron chi connectivity index (χ1n) is 3.97. The Kier molecular flexibility index (Phi) is 2.82. The Labute approximate surface area is 67.0 Å². The highest BCUT2D eigenvalue weighted by Gasteiger charge is 2.28. The predicted octanol–water partition coefficient (Wildman–Crippen LogP) is 1.14. The van der Waals surface area contributed by atoms with Crippen molar-refractivity contribution < 1.29 is 4.74 Å². The summed E-state index contributed by atoms with van der Waals surface area (Å²) in [5.74, 6) is 0. The minimum atomic E-state index is 0.185. The highest BCUT2D eigenvalue weighted by molar-refractivity contribution is 4.86. The Morgan fingerprint density at radius 2 is 2.36 bits per heavy atom. The molecule has 1 aliphatic heterocycles. The number of methoxy groups -OCH3 is 1. The molecule has 0 aromatic rings. The third-order valence-corrected chi connectivity index (χ3v) is 2.05. The van der Waals surface area contributed by atoms with Gasteiger partial charge in [0.05, 0.1) is 12.1 Å². The van der Waals surface area contributed by atoms with Gasteiger partial charge in [-0.2, -0.15) is 5.11 Å². The van der Waals surface area contributed by atoms with Crippen molar-refractivity contribution in [2.24, 2.45) is 10.3 Å². The molecule has 64 valence electrons. The number of ether oxygens (including phenoxy) is 1. The first kappa shape index (κ1) is 8.46. The monoisotopic (exact) mass is 157 g/mol. The summed E-state index contributed by atoms with van der Waals surface area (Å²) >= 11 is 0. The molecule has 1 N–H and O–H groups in total. The maximum atomic E-state index is 5.26. The van der Waals surface area contributed by atoms with Gasteiger partial charge in [-0.3, -0.25) is 5.43 Å². The molecule has 1 rings (SSSR count). The summed E-state index contributed by atoms with van der Waals surface area (Å²) in [6, 6.07) is 0.491. The molecule has 4 nitrogen and oxygen atoms in total. The molecule has 0 saturated carbocycles. The van der Waals surface area contributed by atoms with Crippen LogP contribution in [0.15, 0.2) is 10.3 Å². The molecule has 11 heavy (non-hydrogen) atoms. The summed E-state index contributed by atoms with van der Waals surface area (Å²) in [6.07, 6.45) is 1.18. The lowest BCUT2D eigenvalue weighted by Crippen LogP contribution is -2.37. The lowest BCUT2D eigenvalue weighted by atomic mass is 10.0. The van der Waals surface area contributed by atoms with Gasteiger partial charge in [-0.15, -0.1) is 0 Å². The third kappa shape index (κ3) is 1.68. The van der Waals surface area contributed by atoms with Crippen LogP contribution in [0.1, 0.15) is 20.3 Å². The molecule has 1 heterocycles. The van der Waals surface area contributed by atoms with E-state index in [1.54, 1.807) is 7.11 Å². The van der Waals surface area contributed by atoms with Crippen molar-refractivity contribution in [2.45, 2.75) is 38.5 Å². The zero-order valence-corrected chi connectivity index (χ0v) is 7.24. The van der Waals surface area contributed by atoms with E-state index >= 15 is 0 Å². The van der Waals surface area contributed by atoms with E-state index in [1.807, 2.05) is 0 Å². The summed E-state index contributed by atoms with van der Waals surface area (Å²) in [4.78, 5) is 0. The highest BCUT2D eigenvalue weighted by Crippen LogP contribution is 2.15. The molecule has 0 amide bonds. The van der Waals surface area contributed by atoms with Crippen molar-refractivity contribution in [3.8, 4) is 0 Å². The first-order valence-corrected chi connectivity index (χ1v) is 3.97. The predicted molar refractivity (Wildman–Crippen MR) is 42.3 cm³/mol. The second kappa shape index (κ2) is 3.67. The number of nitrogens with zero attached hydrogens (tertiary/aromatic N) is 2. The molecule has 0 radical (unpaired) electrons. The van der Waals surface area contributed by atoms with Gasteiger partial charge in [0.1, 0.15) is 6.04 Å². The molecule has 0 aliphatic carbocycles. The van der Waals surface area contributed by atoms with Crippen LogP contribution in [0.3, 0.4) is 0 Å². The molecule has 1 aliphatic rings. The van der Waals surface area contributed by atoms with Crippen LogP contribution in [-0.4, -0.2) is 25.3 Å². The Morgan fingerprint density at radius 3 is 2.73 bits per heavy atom. The maximum absolute atomic E-state index is 5.26. The maximum Gasteiger partial charge on any atom is 0.120 e. The molecular weight excluding hydrogens is 142 g/mol. The lowest BCUT2D eigenvalue weighted by molar-refractivity contribution is 0.0734.